The molecule has 1 aliphatic heterocycles. The number of nitrogens with zero attached hydrogens (tertiary/aromatic N) is 2. The molecule has 2 aromatic heterocycles. The molecule has 0 saturated heterocycles. The summed E-state index contributed by atoms with van der Waals surface area (Å²) < 4.78 is 24.4. The van der Waals surface area contributed by atoms with Crippen molar-refractivity contribution in [3.8, 4) is 0 Å². The summed E-state index contributed by atoms with van der Waals surface area (Å²) in [6, 6.07) is 14.4. The topological polar surface area (TPSA) is 138 Å². The molecule has 0 fully saturated rings. The second-order valence-corrected chi connectivity index (χ2v) is 8.91. The summed E-state index contributed by atoms with van der Waals surface area (Å²) in [7, 11) is -3.79. The molecule has 1 aliphatic rings. The van der Waals surface area contributed by atoms with Gasteiger partial charge in [0.1, 0.15) is 5.82 Å². The van der Waals surface area contributed by atoms with E-state index in [1.54, 1.807) is 29.0 Å². The molecule has 9 nitrogen and oxygen atoms in total. The second-order valence-electron chi connectivity index (χ2n) is 6.43. The predicted octanol–water partition coefficient (Wildman–Crippen LogP) is 1.09. The normalized spacial score (nSPS) is 14.2. The molecule has 0 saturated carbocycles. The zero-order chi connectivity index (χ0) is 20.0. The zero-order valence-electron chi connectivity index (χ0n) is 14.9. The highest BCUT2D eigenvalue weighted by Gasteiger charge is 2.15. The lowest BCUT2D eigenvalue weighted by Gasteiger charge is -2.11. The monoisotopic (exact) mass is 426 g/mol. The third-order valence-corrected chi connectivity index (χ3v) is 6.40. The lowest BCUT2D eigenvalue weighted by atomic mass is 10.1. The molecule has 2 aromatic carbocycles. The first-order valence-corrected chi connectivity index (χ1v) is 11.0. The molecule has 0 spiro atoms. The Labute approximate surface area is 169 Å². The van der Waals surface area contributed by atoms with Gasteiger partial charge in [-0.05, 0) is 40.8 Å². The number of nitrogens with two attached hydrogens (primary N) is 2. The van der Waals surface area contributed by atoms with E-state index in [0.29, 0.717) is 11.5 Å². The van der Waals surface area contributed by atoms with Crippen molar-refractivity contribution >= 4 is 59.7 Å². The standard InChI is InChI=1S/C18H15N7O2S2/c19-29(26,27)12-3-1-2-11(9-12)20-18-14-6-7-28-16(14)13-5-4-10(8-15(13)21-18)17-22-24-25-23-17/h1-9,24-25H,(H,20,21)(H,22,23)(H2,19,26,27)/p+1. The van der Waals surface area contributed by atoms with E-state index in [0.717, 1.165) is 32.4 Å². The zero-order valence-corrected chi connectivity index (χ0v) is 16.5. The van der Waals surface area contributed by atoms with Gasteiger partial charge in [-0.15, -0.1) is 16.9 Å². The number of thiophene rings is 1. The van der Waals surface area contributed by atoms with E-state index in [1.807, 2.05) is 29.6 Å². The summed E-state index contributed by atoms with van der Waals surface area (Å²) in [5, 5.41) is 16.7. The molecule has 0 amide bonds. The van der Waals surface area contributed by atoms with E-state index in [2.05, 4.69) is 21.4 Å². The average Bonchev–Trinajstić information content (AvgIpc) is 3.39. The third kappa shape index (κ3) is 3.30. The van der Waals surface area contributed by atoms with Gasteiger partial charge in [0.15, 0.2) is 0 Å². The largest absolute Gasteiger partial charge is 0.340 e. The van der Waals surface area contributed by atoms with Gasteiger partial charge in [-0.2, -0.15) is 0 Å². The van der Waals surface area contributed by atoms with E-state index in [9.17, 15) is 8.42 Å². The number of aromatic nitrogens is 1. The molecule has 4 aromatic rings. The summed E-state index contributed by atoms with van der Waals surface area (Å²) in [4.78, 5) is 4.84. The Morgan fingerprint density at radius 1 is 1.10 bits per heavy atom. The molecule has 0 unspecified atom stereocenters. The van der Waals surface area contributed by atoms with Crippen LogP contribution in [0.5, 0.6) is 0 Å². The number of pyridine rings is 1. The molecule has 7 N–H and O–H groups in total. The van der Waals surface area contributed by atoms with Crippen LogP contribution < -0.4 is 27.0 Å². The van der Waals surface area contributed by atoms with Crippen molar-refractivity contribution in [3.63, 3.8) is 0 Å². The van der Waals surface area contributed by atoms with E-state index < -0.39 is 10.0 Å². The summed E-state index contributed by atoms with van der Waals surface area (Å²) in [6.45, 7) is 0. The fourth-order valence-corrected chi connectivity index (χ4v) is 4.70. The second kappa shape index (κ2) is 6.76. The van der Waals surface area contributed by atoms with Crippen LogP contribution in [0.25, 0.3) is 21.0 Å². The maximum Gasteiger partial charge on any atom is 0.238 e. The first-order chi connectivity index (χ1) is 14.0. The van der Waals surface area contributed by atoms with Crippen molar-refractivity contribution < 1.29 is 14.0 Å². The number of rotatable bonds is 4. The van der Waals surface area contributed by atoms with Crippen LogP contribution in [0, 0.1) is 0 Å². The van der Waals surface area contributed by atoms with Crippen LogP contribution in [0.3, 0.4) is 0 Å². The maximum atomic E-state index is 11.7. The number of primary sulfonamides is 1. The van der Waals surface area contributed by atoms with Crippen molar-refractivity contribution in [3.05, 3.63) is 59.5 Å². The van der Waals surface area contributed by atoms with Gasteiger partial charge in [0.2, 0.25) is 15.9 Å². The highest BCUT2D eigenvalue weighted by Crippen LogP contribution is 2.35. The minimum atomic E-state index is -3.79. The van der Waals surface area contributed by atoms with Crippen molar-refractivity contribution in [1.82, 2.24) is 15.9 Å². The number of quaternary nitrogens is 1. The van der Waals surface area contributed by atoms with Crippen molar-refractivity contribution in [2.45, 2.75) is 4.90 Å². The van der Waals surface area contributed by atoms with Crippen LogP contribution in [-0.4, -0.2) is 19.2 Å². The lowest BCUT2D eigenvalue weighted by molar-refractivity contribution is -0.713. The Balaban J connectivity index is 1.63. The SMILES string of the molecule is NS(=O)(=O)c1cccc(Nc2nc3cc(C4=N[NH2+]NN4)ccc3c3sccc23)c1. The van der Waals surface area contributed by atoms with Crippen LogP contribution in [-0.2, 0) is 10.0 Å². The number of hydrogen-bond donors (Lipinski definition) is 5. The Morgan fingerprint density at radius 3 is 2.79 bits per heavy atom. The number of anilines is 2. The fourth-order valence-electron chi connectivity index (χ4n) is 3.21. The van der Waals surface area contributed by atoms with E-state index in [1.165, 1.54) is 12.1 Å². The average molecular weight is 427 g/mol. The van der Waals surface area contributed by atoms with E-state index >= 15 is 0 Å². The number of amidine groups is 1. The van der Waals surface area contributed by atoms with E-state index in [4.69, 9.17) is 10.1 Å². The van der Waals surface area contributed by atoms with Gasteiger partial charge in [0, 0.05) is 26.7 Å². The molecule has 29 heavy (non-hydrogen) atoms. The quantitative estimate of drug-likeness (QED) is 0.310. The third-order valence-electron chi connectivity index (χ3n) is 4.54. The van der Waals surface area contributed by atoms with Crippen molar-refractivity contribution in [1.29, 1.82) is 0 Å². The molecule has 11 heteroatoms. The van der Waals surface area contributed by atoms with Crippen LogP contribution in [0.2, 0.25) is 0 Å². The van der Waals surface area contributed by atoms with Crippen LogP contribution in [0.1, 0.15) is 5.56 Å². The van der Waals surface area contributed by atoms with Crippen molar-refractivity contribution in [2.75, 3.05) is 5.32 Å². The number of benzene rings is 2. The van der Waals surface area contributed by atoms with Gasteiger partial charge >= 0.3 is 0 Å². The molecule has 0 bridgehead atoms. The first-order valence-electron chi connectivity index (χ1n) is 8.61. The van der Waals surface area contributed by atoms with Crippen molar-refractivity contribution in [2.24, 2.45) is 10.2 Å². The Bertz CT molecular complexity index is 1400. The summed E-state index contributed by atoms with van der Waals surface area (Å²) in [6.07, 6.45) is 0. The van der Waals surface area contributed by atoms with E-state index in [-0.39, 0.29) is 4.90 Å². The Morgan fingerprint density at radius 2 is 2.00 bits per heavy atom. The van der Waals surface area contributed by atoms with Gasteiger partial charge in [-0.1, -0.05) is 23.7 Å². The van der Waals surface area contributed by atoms with Gasteiger partial charge in [0.05, 0.1) is 10.4 Å². The van der Waals surface area contributed by atoms with Gasteiger partial charge in [-0.3, -0.25) is 5.43 Å². The van der Waals surface area contributed by atoms with Gasteiger partial charge in [-0.25, -0.2) is 18.5 Å². The molecule has 0 aliphatic carbocycles. The van der Waals surface area contributed by atoms with Crippen LogP contribution in [0.15, 0.2) is 63.9 Å². The maximum absolute atomic E-state index is 11.7. The fraction of sp³-hybridized carbons (Fsp3) is 0. The van der Waals surface area contributed by atoms with Crippen LogP contribution >= 0.6 is 11.3 Å². The number of hydrogen-bond acceptors (Lipinski definition) is 8. The summed E-state index contributed by atoms with van der Waals surface area (Å²) in [5.74, 6) is 1.36. The molecular formula is C18H16N7O2S2+. The molecule has 0 atom stereocenters. The highest BCUT2D eigenvalue weighted by molar-refractivity contribution is 7.89. The molecule has 0 radical (unpaired) electrons. The minimum absolute atomic E-state index is 0.0428. The summed E-state index contributed by atoms with van der Waals surface area (Å²) >= 11 is 1.63. The number of hydrazine groups is 1. The Kier molecular flexibility index (Phi) is 4.19. The predicted molar refractivity (Wildman–Crippen MR) is 113 cm³/mol. The molecule has 3 heterocycles. The van der Waals surface area contributed by atoms with Gasteiger partial charge < -0.3 is 5.32 Å². The lowest BCUT2D eigenvalue weighted by Crippen LogP contribution is -2.87. The number of nitrogens with one attached hydrogen (secondary N) is 3. The first kappa shape index (κ1) is 18.0. The Hall–Kier alpha value is -3.09. The number of sulfonamides is 1. The minimum Gasteiger partial charge on any atom is -0.340 e. The molecular weight excluding hydrogens is 410 g/mol. The smallest absolute Gasteiger partial charge is 0.238 e. The highest BCUT2D eigenvalue weighted by atomic mass is 32.2. The number of fused-ring (bicyclic) bond motifs is 3. The van der Waals surface area contributed by atoms with Crippen LogP contribution in [0.4, 0.5) is 11.5 Å². The molecule has 5 rings (SSSR count). The van der Waals surface area contributed by atoms with Gasteiger partial charge in [0.25, 0.3) is 0 Å². The molecule has 146 valence electrons. The summed E-state index contributed by atoms with van der Waals surface area (Å²) in [5.41, 5.74) is 9.70.